The fourth-order valence-electron chi connectivity index (χ4n) is 4.39. The van der Waals surface area contributed by atoms with Crippen molar-refractivity contribution in [3.8, 4) is 0 Å². The Labute approximate surface area is 214 Å². The van der Waals surface area contributed by atoms with E-state index in [2.05, 4.69) is 0 Å². The van der Waals surface area contributed by atoms with Crippen molar-refractivity contribution in [3.05, 3.63) is 0 Å². The normalized spacial score (nSPS) is 25.6. The highest BCUT2D eigenvalue weighted by Gasteiger charge is 2.41. The molecule has 200 valence electrons. The van der Waals surface area contributed by atoms with Gasteiger partial charge in [0, 0.05) is 31.6 Å². The van der Waals surface area contributed by atoms with Crippen molar-refractivity contribution in [3.63, 3.8) is 0 Å². The SMILES string of the molecule is CC(=O)[C@H](C)OCCOCCSC1CC(=O)N(CC2CCC(C(=O)ON3C(=O)CCC3=O)CC2)C1=O. The summed E-state index contributed by atoms with van der Waals surface area (Å²) < 4.78 is 10.8. The van der Waals surface area contributed by atoms with Gasteiger partial charge in [0.2, 0.25) is 11.8 Å². The topological polar surface area (TPSA) is 137 Å². The molecule has 2 saturated heterocycles. The van der Waals surface area contributed by atoms with Gasteiger partial charge in [0.05, 0.1) is 31.0 Å². The molecule has 0 aromatic rings. The van der Waals surface area contributed by atoms with Crippen LogP contribution in [-0.4, -0.2) is 88.8 Å². The maximum absolute atomic E-state index is 12.8. The lowest BCUT2D eigenvalue weighted by molar-refractivity contribution is -0.201. The lowest BCUT2D eigenvalue weighted by atomic mass is 9.82. The highest BCUT2D eigenvalue weighted by molar-refractivity contribution is 8.00. The van der Waals surface area contributed by atoms with Crippen LogP contribution in [0.1, 0.15) is 58.8 Å². The quantitative estimate of drug-likeness (QED) is 0.255. The molecule has 2 atom stereocenters. The molecule has 0 N–H and O–H groups in total. The van der Waals surface area contributed by atoms with E-state index in [1.54, 1.807) is 6.92 Å². The van der Waals surface area contributed by atoms with Gasteiger partial charge in [-0.1, -0.05) is 0 Å². The highest BCUT2D eigenvalue weighted by atomic mass is 32.2. The molecule has 0 radical (unpaired) electrons. The Morgan fingerprint density at radius 3 is 2.28 bits per heavy atom. The number of hydroxylamine groups is 2. The van der Waals surface area contributed by atoms with Gasteiger partial charge in [-0.2, -0.15) is 0 Å². The first-order valence-electron chi connectivity index (χ1n) is 12.4. The number of amides is 4. The van der Waals surface area contributed by atoms with Gasteiger partial charge in [0.15, 0.2) is 5.78 Å². The van der Waals surface area contributed by atoms with Gasteiger partial charge in [-0.25, -0.2) is 4.79 Å². The number of carbonyl (C=O) groups is 6. The molecule has 4 amide bonds. The second kappa shape index (κ2) is 13.3. The molecule has 1 aliphatic carbocycles. The second-order valence-corrected chi connectivity index (χ2v) is 10.7. The molecule has 2 aliphatic heterocycles. The molecular weight excluding hydrogens is 492 g/mol. The molecule has 11 nitrogen and oxygen atoms in total. The average Bonchev–Trinajstić information content (AvgIpc) is 3.31. The number of hydrogen-bond acceptors (Lipinski definition) is 10. The Hall–Kier alpha value is -2.31. The van der Waals surface area contributed by atoms with E-state index < -0.39 is 35.1 Å². The first kappa shape index (κ1) is 28.3. The van der Waals surface area contributed by atoms with E-state index >= 15 is 0 Å². The minimum atomic E-state index is -0.580. The molecule has 3 aliphatic rings. The van der Waals surface area contributed by atoms with Gasteiger partial charge < -0.3 is 14.3 Å². The number of rotatable bonds is 13. The average molecular weight is 527 g/mol. The monoisotopic (exact) mass is 526 g/mol. The zero-order chi connectivity index (χ0) is 26.2. The van der Waals surface area contributed by atoms with Crippen molar-refractivity contribution >= 4 is 47.1 Å². The highest BCUT2D eigenvalue weighted by Crippen LogP contribution is 2.33. The molecule has 1 saturated carbocycles. The van der Waals surface area contributed by atoms with Crippen molar-refractivity contribution < 1.29 is 43.1 Å². The predicted molar refractivity (Wildman–Crippen MR) is 127 cm³/mol. The molecule has 2 heterocycles. The third kappa shape index (κ3) is 7.59. The van der Waals surface area contributed by atoms with E-state index in [0.717, 1.165) is 0 Å². The Balaban J connectivity index is 1.32. The van der Waals surface area contributed by atoms with Crippen LogP contribution in [0.25, 0.3) is 0 Å². The van der Waals surface area contributed by atoms with E-state index in [4.69, 9.17) is 14.3 Å². The van der Waals surface area contributed by atoms with Crippen LogP contribution in [0.5, 0.6) is 0 Å². The Kier molecular flexibility index (Phi) is 10.4. The van der Waals surface area contributed by atoms with E-state index in [-0.39, 0.29) is 42.8 Å². The van der Waals surface area contributed by atoms with Crippen LogP contribution in [0, 0.1) is 11.8 Å². The zero-order valence-electron chi connectivity index (χ0n) is 20.8. The van der Waals surface area contributed by atoms with Crippen LogP contribution < -0.4 is 0 Å². The lowest BCUT2D eigenvalue weighted by Gasteiger charge is -2.30. The Morgan fingerprint density at radius 2 is 1.64 bits per heavy atom. The molecule has 0 aromatic heterocycles. The number of thioether (sulfide) groups is 1. The molecule has 0 spiro atoms. The van der Waals surface area contributed by atoms with Gasteiger partial charge in [-0.3, -0.25) is 28.9 Å². The van der Waals surface area contributed by atoms with E-state index in [1.807, 2.05) is 0 Å². The summed E-state index contributed by atoms with van der Waals surface area (Å²) in [4.78, 5) is 78.3. The summed E-state index contributed by atoms with van der Waals surface area (Å²) in [7, 11) is 0. The van der Waals surface area contributed by atoms with Gasteiger partial charge in [-0.05, 0) is 45.4 Å². The van der Waals surface area contributed by atoms with Crippen molar-refractivity contribution in [1.82, 2.24) is 9.96 Å². The molecule has 3 rings (SSSR count). The molecule has 36 heavy (non-hydrogen) atoms. The Bertz CT molecular complexity index is 856. The van der Waals surface area contributed by atoms with Crippen LogP contribution in [0.15, 0.2) is 0 Å². The summed E-state index contributed by atoms with van der Waals surface area (Å²) in [5, 5.41) is 0.152. The van der Waals surface area contributed by atoms with Crippen LogP contribution in [0.2, 0.25) is 0 Å². The lowest BCUT2D eigenvalue weighted by Crippen LogP contribution is -2.39. The van der Waals surface area contributed by atoms with Crippen LogP contribution in [0.3, 0.4) is 0 Å². The maximum atomic E-state index is 12.8. The molecule has 0 aromatic carbocycles. The standard InChI is InChI=1S/C24H34N2O9S/c1-15(27)16(2)34-10-9-33-11-12-36-19-13-22(30)25(23(19)31)14-17-3-5-18(6-4-17)24(32)35-26-20(28)7-8-21(26)29/h16-19H,3-14H2,1-2H3/t16-,17?,18?,19?/m0/s1. The number of ketones is 1. The van der Waals surface area contributed by atoms with Crippen molar-refractivity contribution in [1.29, 1.82) is 0 Å². The van der Waals surface area contributed by atoms with Crippen LogP contribution in [-0.2, 0) is 43.1 Å². The minimum absolute atomic E-state index is 0.0389. The summed E-state index contributed by atoms with van der Waals surface area (Å²) >= 11 is 1.40. The van der Waals surface area contributed by atoms with Crippen molar-refractivity contribution in [2.24, 2.45) is 11.8 Å². The van der Waals surface area contributed by atoms with E-state index in [0.29, 0.717) is 62.9 Å². The predicted octanol–water partition coefficient (Wildman–Crippen LogP) is 1.27. The third-order valence-corrected chi connectivity index (χ3v) is 7.90. The van der Waals surface area contributed by atoms with Gasteiger partial charge in [0.25, 0.3) is 11.8 Å². The first-order chi connectivity index (χ1) is 17.2. The maximum Gasteiger partial charge on any atom is 0.336 e. The van der Waals surface area contributed by atoms with Gasteiger partial charge >= 0.3 is 5.97 Å². The summed E-state index contributed by atoms with van der Waals surface area (Å²) in [6.07, 6.45) is 2.15. The van der Waals surface area contributed by atoms with Gasteiger partial charge in [0.1, 0.15) is 6.10 Å². The second-order valence-electron chi connectivity index (χ2n) is 9.35. The summed E-state index contributed by atoms with van der Waals surface area (Å²) in [5.41, 5.74) is 0. The fourth-order valence-corrected chi connectivity index (χ4v) is 5.42. The van der Waals surface area contributed by atoms with E-state index in [9.17, 15) is 28.8 Å². The van der Waals surface area contributed by atoms with Crippen molar-refractivity contribution in [2.45, 2.75) is 70.1 Å². The van der Waals surface area contributed by atoms with Crippen molar-refractivity contribution in [2.75, 3.05) is 32.1 Å². The first-order valence-corrected chi connectivity index (χ1v) is 13.5. The number of hydrogen-bond donors (Lipinski definition) is 0. The third-order valence-electron chi connectivity index (χ3n) is 6.73. The van der Waals surface area contributed by atoms with Crippen LogP contribution in [0.4, 0.5) is 0 Å². The summed E-state index contributed by atoms with van der Waals surface area (Å²) in [6.45, 7) is 4.57. The zero-order valence-corrected chi connectivity index (χ0v) is 21.6. The van der Waals surface area contributed by atoms with Gasteiger partial charge in [-0.15, -0.1) is 16.8 Å². The number of nitrogens with zero attached hydrogens (tertiary/aromatic N) is 2. The minimum Gasteiger partial charge on any atom is -0.378 e. The smallest absolute Gasteiger partial charge is 0.336 e. The molecule has 1 unspecified atom stereocenters. The number of imide groups is 2. The molecule has 3 fully saturated rings. The summed E-state index contributed by atoms with van der Waals surface area (Å²) in [5.74, 6) is -1.73. The number of ether oxygens (including phenoxy) is 2. The number of Topliss-reactive ketones (excluding diaryl/α,β-unsaturated/α-hetero) is 1. The summed E-state index contributed by atoms with van der Waals surface area (Å²) in [6, 6.07) is 0. The molecular formula is C24H34N2O9S. The molecule has 0 bridgehead atoms. The number of carbonyl (C=O) groups excluding carboxylic acids is 6. The van der Waals surface area contributed by atoms with Crippen LogP contribution >= 0.6 is 11.8 Å². The fraction of sp³-hybridized carbons (Fsp3) is 0.750. The van der Waals surface area contributed by atoms with E-state index in [1.165, 1.54) is 23.6 Å². The Morgan fingerprint density at radius 1 is 0.972 bits per heavy atom. The number of likely N-dealkylation sites (tertiary alicyclic amines) is 1. The largest absolute Gasteiger partial charge is 0.378 e. The molecule has 12 heteroatoms.